The summed E-state index contributed by atoms with van der Waals surface area (Å²) >= 11 is 0. The van der Waals surface area contributed by atoms with Gasteiger partial charge in [-0.3, -0.25) is 0 Å². The molecule has 0 aromatic rings. The molecule has 12 heavy (non-hydrogen) atoms. The summed E-state index contributed by atoms with van der Waals surface area (Å²) in [4.78, 5) is 0. The quantitative estimate of drug-likeness (QED) is 0.465. The van der Waals surface area contributed by atoms with Gasteiger partial charge in [0.2, 0.25) is 0 Å². The van der Waals surface area contributed by atoms with Crippen molar-refractivity contribution in [1.29, 1.82) is 5.26 Å². The molecule has 0 aliphatic rings. The largest absolute Gasteiger partial charge is 0.206 e. The smallest absolute Gasteiger partial charge is 0.140 e. The van der Waals surface area contributed by atoms with Gasteiger partial charge in [-0.2, -0.15) is 5.26 Å². The third kappa shape index (κ3) is 3.16. The Balaban J connectivity index is 4.58. The first-order valence-corrected chi connectivity index (χ1v) is 3.77. The van der Waals surface area contributed by atoms with Crippen molar-refractivity contribution in [2.75, 3.05) is 0 Å². The van der Waals surface area contributed by atoms with E-state index in [4.69, 9.17) is 5.26 Å². The molecule has 0 unspecified atom stereocenters. The summed E-state index contributed by atoms with van der Waals surface area (Å²) in [6.45, 7) is 7.02. The van der Waals surface area contributed by atoms with Gasteiger partial charge in [-0.1, -0.05) is 19.6 Å². The topological polar surface area (TPSA) is 23.8 Å². The van der Waals surface area contributed by atoms with Crippen LogP contribution in [0.5, 0.6) is 0 Å². The molecule has 0 amide bonds. The molecule has 0 heterocycles. The lowest BCUT2D eigenvalue weighted by molar-refractivity contribution is 0.657. The van der Waals surface area contributed by atoms with Crippen LogP contribution in [0.15, 0.2) is 35.7 Å². The monoisotopic (exact) mass is 165 g/mol. The fourth-order valence-corrected chi connectivity index (χ4v) is 0.693. The summed E-state index contributed by atoms with van der Waals surface area (Å²) in [6.07, 6.45) is 3.90. The summed E-state index contributed by atoms with van der Waals surface area (Å²) in [5.41, 5.74) is 0.742. The van der Waals surface area contributed by atoms with Gasteiger partial charge in [0.15, 0.2) is 0 Å². The number of nitriles is 1. The number of hydrogen-bond acceptors (Lipinski definition) is 1. The Labute approximate surface area is 72.5 Å². The molecule has 0 fully saturated rings. The van der Waals surface area contributed by atoms with E-state index in [9.17, 15) is 4.39 Å². The number of hydrogen-bond donors (Lipinski definition) is 0. The highest BCUT2D eigenvalue weighted by atomic mass is 19.1. The number of halogens is 1. The van der Waals surface area contributed by atoms with E-state index in [1.807, 2.05) is 19.9 Å². The van der Waals surface area contributed by atoms with E-state index < -0.39 is 5.83 Å². The van der Waals surface area contributed by atoms with Gasteiger partial charge in [0, 0.05) is 0 Å². The molecule has 0 rings (SSSR count). The lowest BCUT2D eigenvalue weighted by atomic mass is 10.1. The average molecular weight is 165 g/mol. The highest BCUT2D eigenvalue weighted by Gasteiger charge is 1.99. The van der Waals surface area contributed by atoms with Gasteiger partial charge in [-0.15, -0.1) is 0 Å². The Bertz CT molecular complexity index is 266. The van der Waals surface area contributed by atoms with Crippen LogP contribution in [-0.2, 0) is 0 Å². The summed E-state index contributed by atoms with van der Waals surface area (Å²) in [7, 11) is 0. The van der Waals surface area contributed by atoms with Crippen molar-refractivity contribution in [1.82, 2.24) is 0 Å². The van der Waals surface area contributed by atoms with E-state index >= 15 is 0 Å². The maximum atomic E-state index is 12.9. The molecule has 64 valence electrons. The molecule has 0 atom stereocenters. The molecule has 0 radical (unpaired) electrons. The van der Waals surface area contributed by atoms with Gasteiger partial charge in [0.1, 0.15) is 11.9 Å². The molecule has 0 spiro atoms. The van der Waals surface area contributed by atoms with Gasteiger partial charge in [0.05, 0.1) is 5.57 Å². The van der Waals surface area contributed by atoms with Crippen LogP contribution >= 0.6 is 0 Å². The summed E-state index contributed by atoms with van der Waals surface area (Å²) < 4.78 is 12.9. The summed E-state index contributed by atoms with van der Waals surface area (Å²) in [5.74, 6) is -0.549. The Morgan fingerprint density at radius 1 is 1.67 bits per heavy atom. The van der Waals surface area contributed by atoms with E-state index in [1.54, 1.807) is 6.07 Å². The Morgan fingerprint density at radius 3 is 2.58 bits per heavy atom. The fourth-order valence-electron chi connectivity index (χ4n) is 0.693. The fraction of sp³-hybridized carbons (Fsp3) is 0.300. The van der Waals surface area contributed by atoms with Crippen LogP contribution in [0.3, 0.4) is 0 Å². The second-order valence-corrected chi connectivity index (χ2v) is 2.30. The van der Waals surface area contributed by atoms with Crippen LogP contribution < -0.4 is 0 Å². The number of allylic oxidation sites excluding steroid dienone is 5. The van der Waals surface area contributed by atoms with Crippen molar-refractivity contribution < 1.29 is 4.39 Å². The SMILES string of the molecule is C=C(C#N)/C(F)=C\C(=C/C)CC. The van der Waals surface area contributed by atoms with E-state index in [-0.39, 0.29) is 5.57 Å². The molecular formula is C10H12FN. The standard InChI is InChI=1S/C10H12FN/c1-4-9(5-2)6-10(11)8(3)7-12/h4,6H,3,5H2,1-2H3/b9-4-,10-6+. The van der Waals surface area contributed by atoms with Gasteiger partial charge in [-0.05, 0) is 25.0 Å². The summed E-state index contributed by atoms with van der Waals surface area (Å²) in [6, 6.07) is 1.65. The van der Waals surface area contributed by atoms with Gasteiger partial charge < -0.3 is 0 Å². The van der Waals surface area contributed by atoms with E-state index in [0.29, 0.717) is 0 Å². The second-order valence-electron chi connectivity index (χ2n) is 2.30. The third-order valence-electron chi connectivity index (χ3n) is 1.51. The minimum absolute atomic E-state index is 0.122. The van der Waals surface area contributed by atoms with Crippen molar-refractivity contribution in [2.45, 2.75) is 20.3 Å². The first-order chi connectivity index (χ1) is 5.65. The van der Waals surface area contributed by atoms with Crippen LogP contribution in [0.2, 0.25) is 0 Å². The normalized spacial score (nSPS) is 12.5. The highest BCUT2D eigenvalue weighted by Crippen LogP contribution is 2.13. The zero-order valence-electron chi connectivity index (χ0n) is 7.39. The Morgan fingerprint density at radius 2 is 2.25 bits per heavy atom. The van der Waals surface area contributed by atoms with Crippen LogP contribution in [-0.4, -0.2) is 0 Å². The maximum Gasteiger partial charge on any atom is 0.140 e. The Hall–Kier alpha value is -1.36. The lowest BCUT2D eigenvalue weighted by Crippen LogP contribution is -1.80. The molecule has 0 aliphatic carbocycles. The minimum atomic E-state index is -0.549. The minimum Gasteiger partial charge on any atom is -0.206 e. The third-order valence-corrected chi connectivity index (χ3v) is 1.51. The van der Waals surface area contributed by atoms with Crippen LogP contribution in [0.4, 0.5) is 4.39 Å². The van der Waals surface area contributed by atoms with Crippen LogP contribution in [0.1, 0.15) is 20.3 Å². The molecule has 1 nitrogen and oxygen atoms in total. The Kier molecular flexibility index (Phi) is 4.71. The van der Waals surface area contributed by atoms with Crippen molar-refractivity contribution >= 4 is 0 Å². The predicted octanol–water partition coefficient (Wildman–Crippen LogP) is 3.28. The van der Waals surface area contributed by atoms with E-state index in [1.165, 1.54) is 6.08 Å². The van der Waals surface area contributed by atoms with Crippen molar-refractivity contribution in [3.8, 4) is 6.07 Å². The lowest BCUT2D eigenvalue weighted by Gasteiger charge is -1.95. The average Bonchev–Trinajstić information content (AvgIpc) is 2.12. The summed E-state index contributed by atoms with van der Waals surface area (Å²) in [5, 5.41) is 8.31. The zero-order valence-corrected chi connectivity index (χ0v) is 7.39. The molecule has 0 saturated heterocycles. The molecule has 0 aromatic heterocycles. The molecule has 0 aliphatic heterocycles. The predicted molar refractivity (Wildman–Crippen MR) is 48.0 cm³/mol. The van der Waals surface area contributed by atoms with E-state index in [0.717, 1.165) is 12.0 Å². The molecule has 0 aromatic carbocycles. The van der Waals surface area contributed by atoms with Gasteiger partial charge >= 0.3 is 0 Å². The first kappa shape index (κ1) is 10.6. The van der Waals surface area contributed by atoms with Crippen molar-refractivity contribution in [3.63, 3.8) is 0 Å². The zero-order chi connectivity index (χ0) is 9.56. The maximum absolute atomic E-state index is 12.9. The van der Waals surface area contributed by atoms with Gasteiger partial charge in [-0.25, -0.2) is 4.39 Å². The molecule has 2 heteroatoms. The second kappa shape index (κ2) is 5.31. The van der Waals surface area contributed by atoms with Crippen LogP contribution in [0.25, 0.3) is 0 Å². The van der Waals surface area contributed by atoms with Crippen molar-refractivity contribution in [3.05, 3.63) is 35.7 Å². The van der Waals surface area contributed by atoms with Crippen LogP contribution in [0, 0.1) is 11.3 Å². The van der Waals surface area contributed by atoms with Crippen molar-refractivity contribution in [2.24, 2.45) is 0 Å². The number of rotatable bonds is 3. The highest BCUT2D eigenvalue weighted by molar-refractivity contribution is 5.39. The molecule has 0 N–H and O–H groups in total. The first-order valence-electron chi connectivity index (χ1n) is 3.77. The molecular weight excluding hydrogens is 153 g/mol. The molecule has 0 bridgehead atoms. The van der Waals surface area contributed by atoms with Gasteiger partial charge in [0.25, 0.3) is 0 Å². The molecule has 0 saturated carbocycles. The van der Waals surface area contributed by atoms with E-state index in [2.05, 4.69) is 6.58 Å². The number of nitrogens with zero attached hydrogens (tertiary/aromatic N) is 1.